The van der Waals surface area contributed by atoms with Gasteiger partial charge < -0.3 is 9.47 Å². The second-order valence-electron chi connectivity index (χ2n) is 9.56. The van der Waals surface area contributed by atoms with Gasteiger partial charge in [0.15, 0.2) is 17.6 Å². The molecule has 2 heterocycles. The molecule has 0 bridgehead atoms. The summed E-state index contributed by atoms with van der Waals surface area (Å²) in [5.74, 6) is -1.09. The summed E-state index contributed by atoms with van der Waals surface area (Å²) in [6.45, 7) is 2.67. The van der Waals surface area contributed by atoms with Crippen LogP contribution in [0.5, 0.6) is 11.5 Å². The molecule has 6 rings (SSSR count). The van der Waals surface area contributed by atoms with E-state index in [1.807, 2.05) is 85.8 Å². The Kier molecular flexibility index (Phi) is 6.92. The molecule has 0 unspecified atom stereocenters. The highest BCUT2D eigenvalue weighted by Crippen LogP contribution is 2.48. The van der Waals surface area contributed by atoms with Crippen molar-refractivity contribution in [3.8, 4) is 11.5 Å². The average molecular weight is 539 g/mol. The van der Waals surface area contributed by atoms with Crippen LogP contribution in [0.4, 0.5) is 15.8 Å². The van der Waals surface area contributed by atoms with Crippen molar-refractivity contribution in [2.24, 2.45) is 5.92 Å². The summed E-state index contributed by atoms with van der Waals surface area (Å²) in [6.07, 6.45) is -1.03. The van der Waals surface area contributed by atoms with Gasteiger partial charge >= 0.3 is 0 Å². The summed E-state index contributed by atoms with van der Waals surface area (Å²) in [7, 11) is 0. The number of anilines is 2. The number of benzene rings is 4. The maximum Gasteiger partial charge on any atom is 0.266 e. The molecular weight excluding hydrogens is 511 g/mol. The van der Waals surface area contributed by atoms with E-state index in [1.165, 1.54) is 24.3 Å². The number of hydroxylamine groups is 1. The van der Waals surface area contributed by atoms with Crippen LogP contribution in [0.3, 0.4) is 0 Å². The lowest BCUT2D eigenvalue weighted by Gasteiger charge is -2.29. The molecular formula is C32H27FN2O5. The average Bonchev–Trinajstić information content (AvgIpc) is 3.49. The fourth-order valence-corrected chi connectivity index (χ4v) is 5.23. The molecule has 2 fully saturated rings. The van der Waals surface area contributed by atoms with Crippen LogP contribution in [0.15, 0.2) is 103 Å². The summed E-state index contributed by atoms with van der Waals surface area (Å²) in [6, 6.07) is 29.3. The molecule has 3 atom stereocenters. The summed E-state index contributed by atoms with van der Waals surface area (Å²) in [5.41, 5.74) is 2.76. The third-order valence-electron chi connectivity index (χ3n) is 7.06. The molecule has 7 nitrogen and oxygen atoms in total. The zero-order valence-corrected chi connectivity index (χ0v) is 21.8. The quantitative estimate of drug-likeness (QED) is 0.262. The zero-order valence-electron chi connectivity index (χ0n) is 21.8. The number of carbonyl (C=O) groups is 2. The summed E-state index contributed by atoms with van der Waals surface area (Å²) in [4.78, 5) is 34.6. The fraction of sp³-hybridized carbons (Fsp3) is 0.188. The van der Waals surface area contributed by atoms with E-state index in [4.69, 9.17) is 14.3 Å². The van der Waals surface area contributed by atoms with Crippen molar-refractivity contribution < 1.29 is 28.3 Å². The Hall–Kier alpha value is -4.69. The predicted octanol–water partition coefficient (Wildman–Crippen LogP) is 5.85. The summed E-state index contributed by atoms with van der Waals surface area (Å²) < 4.78 is 25.6. The van der Waals surface area contributed by atoms with Gasteiger partial charge in [-0.2, -0.15) is 0 Å². The highest BCUT2D eigenvalue weighted by molar-refractivity contribution is 6.23. The van der Waals surface area contributed by atoms with Crippen molar-refractivity contribution in [3.05, 3.63) is 120 Å². The van der Waals surface area contributed by atoms with Crippen molar-refractivity contribution in [3.63, 3.8) is 0 Å². The number of hydrogen-bond acceptors (Lipinski definition) is 6. The number of para-hydroxylation sites is 1. The highest BCUT2D eigenvalue weighted by Gasteiger charge is 2.60. The molecule has 0 saturated carbocycles. The standard InChI is InChI=1S/C32H27FN2O5/c1-2-38-27-19-22(13-18-26(27)39-20-21-9-5-3-6-10-21)29-28-30(40-35(29)25-11-7-4-8-12-25)32(37)34(31(28)36)24-16-14-23(33)15-17-24/h3-19,28-30H,2,20H2,1H3/t28-,29-,30-/m0/s1. The molecule has 0 aromatic heterocycles. The smallest absolute Gasteiger partial charge is 0.266 e. The van der Waals surface area contributed by atoms with Crippen LogP contribution in [0.2, 0.25) is 0 Å². The van der Waals surface area contributed by atoms with Crippen LogP contribution in [-0.2, 0) is 21.0 Å². The molecule has 2 saturated heterocycles. The number of amides is 2. The van der Waals surface area contributed by atoms with Crippen molar-refractivity contribution in [1.82, 2.24) is 0 Å². The van der Waals surface area contributed by atoms with Crippen LogP contribution < -0.4 is 19.4 Å². The third kappa shape index (κ3) is 4.67. The first-order chi connectivity index (χ1) is 19.5. The third-order valence-corrected chi connectivity index (χ3v) is 7.06. The number of hydrogen-bond donors (Lipinski definition) is 0. The first-order valence-electron chi connectivity index (χ1n) is 13.1. The fourth-order valence-electron chi connectivity index (χ4n) is 5.23. The van der Waals surface area contributed by atoms with Crippen LogP contribution in [0, 0.1) is 11.7 Å². The van der Waals surface area contributed by atoms with Gasteiger partial charge in [-0.05, 0) is 66.6 Å². The minimum absolute atomic E-state index is 0.305. The van der Waals surface area contributed by atoms with Crippen LogP contribution in [0.1, 0.15) is 24.1 Å². The lowest BCUT2D eigenvalue weighted by atomic mass is 9.90. The molecule has 4 aromatic carbocycles. The van der Waals surface area contributed by atoms with E-state index in [-0.39, 0.29) is 0 Å². The molecule has 2 aliphatic heterocycles. The van der Waals surface area contributed by atoms with Crippen molar-refractivity contribution in [2.75, 3.05) is 16.6 Å². The molecule has 2 aliphatic rings. The Labute approximate surface area is 231 Å². The number of imide groups is 1. The first-order valence-corrected chi connectivity index (χ1v) is 13.1. The van der Waals surface area contributed by atoms with Gasteiger partial charge in [-0.3, -0.25) is 14.4 Å². The largest absolute Gasteiger partial charge is 0.490 e. The van der Waals surface area contributed by atoms with Crippen molar-refractivity contribution >= 4 is 23.2 Å². The lowest BCUT2D eigenvalue weighted by Crippen LogP contribution is -2.37. The van der Waals surface area contributed by atoms with Crippen molar-refractivity contribution in [1.29, 1.82) is 0 Å². The second-order valence-corrected chi connectivity index (χ2v) is 9.56. The van der Waals surface area contributed by atoms with Gasteiger partial charge in [0.1, 0.15) is 18.3 Å². The normalized spacial score (nSPS) is 20.1. The van der Waals surface area contributed by atoms with E-state index >= 15 is 0 Å². The van der Waals surface area contributed by atoms with Gasteiger partial charge in [-0.25, -0.2) is 14.4 Å². The van der Waals surface area contributed by atoms with E-state index in [2.05, 4.69) is 0 Å². The Morgan fingerprint density at radius 2 is 1.48 bits per heavy atom. The summed E-state index contributed by atoms with van der Waals surface area (Å²) >= 11 is 0. The van der Waals surface area contributed by atoms with Crippen LogP contribution in [-0.4, -0.2) is 24.5 Å². The zero-order chi connectivity index (χ0) is 27.6. The minimum Gasteiger partial charge on any atom is -0.490 e. The number of carbonyl (C=O) groups excluding carboxylic acids is 2. The van der Waals surface area contributed by atoms with E-state index in [0.29, 0.717) is 36.1 Å². The maximum atomic E-state index is 13.8. The monoisotopic (exact) mass is 538 g/mol. The Balaban J connectivity index is 1.37. The van der Waals surface area contributed by atoms with Gasteiger partial charge in [0.2, 0.25) is 5.91 Å². The Morgan fingerprint density at radius 3 is 2.17 bits per heavy atom. The molecule has 0 N–H and O–H groups in total. The van der Waals surface area contributed by atoms with E-state index < -0.39 is 35.7 Å². The van der Waals surface area contributed by atoms with E-state index in [1.54, 1.807) is 5.06 Å². The number of rotatable bonds is 8. The predicted molar refractivity (Wildman–Crippen MR) is 147 cm³/mol. The summed E-state index contributed by atoms with van der Waals surface area (Å²) in [5, 5.41) is 1.63. The molecule has 0 spiro atoms. The minimum atomic E-state index is -1.03. The Morgan fingerprint density at radius 1 is 0.775 bits per heavy atom. The van der Waals surface area contributed by atoms with E-state index in [9.17, 15) is 14.0 Å². The van der Waals surface area contributed by atoms with Gasteiger partial charge in [0, 0.05) is 0 Å². The van der Waals surface area contributed by atoms with Crippen LogP contribution >= 0.6 is 0 Å². The van der Waals surface area contributed by atoms with Gasteiger partial charge in [-0.1, -0.05) is 54.6 Å². The number of halogens is 1. The molecule has 0 aliphatic carbocycles. The molecule has 40 heavy (non-hydrogen) atoms. The SMILES string of the molecule is CCOc1cc([C@H]2[C@@H]3C(=O)N(c4ccc(F)cc4)C(=O)[C@H]3ON2c2ccccc2)ccc1OCc1ccccc1. The molecule has 0 radical (unpaired) electrons. The number of nitrogens with zero attached hydrogens (tertiary/aromatic N) is 2. The van der Waals surface area contributed by atoms with E-state index in [0.717, 1.165) is 16.0 Å². The van der Waals surface area contributed by atoms with Gasteiger partial charge in [0.25, 0.3) is 5.91 Å². The topological polar surface area (TPSA) is 68.3 Å². The number of fused-ring (bicyclic) bond motifs is 1. The molecule has 202 valence electrons. The van der Waals surface area contributed by atoms with Crippen molar-refractivity contribution in [2.45, 2.75) is 25.7 Å². The lowest BCUT2D eigenvalue weighted by molar-refractivity contribution is -0.126. The van der Waals surface area contributed by atoms with Gasteiger partial charge in [-0.15, -0.1) is 0 Å². The number of ether oxygens (including phenoxy) is 2. The first kappa shape index (κ1) is 25.6. The molecule has 2 amide bonds. The second kappa shape index (κ2) is 10.8. The molecule has 4 aromatic rings. The molecule has 8 heteroatoms. The Bertz CT molecular complexity index is 1510. The highest BCUT2D eigenvalue weighted by atomic mass is 19.1. The maximum absolute atomic E-state index is 13.8. The van der Waals surface area contributed by atoms with Gasteiger partial charge in [0.05, 0.1) is 24.0 Å². The van der Waals surface area contributed by atoms with Crippen LogP contribution in [0.25, 0.3) is 0 Å².